The number of nitrogens with zero attached hydrogens (tertiary/aromatic N) is 2. The minimum atomic E-state index is -2.59. The van der Waals surface area contributed by atoms with E-state index in [1.165, 1.54) is 23.2 Å². The van der Waals surface area contributed by atoms with Crippen LogP contribution in [0.25, 0.3) is 0 Å². The topological polar surface area (TPSA) is 54.5 Å². The molecule has 106 valence electrons. The lowest BCUT2D eigenvalue weighted by Gasteiger charge is -2.18. The molecule has 0 aliphatic rings. The van der Waals surface area contributed by atoms with E-state index in [-0.39, 0.29) is 17.4 Å². The van der Waals surface area contributed by atoms with Crippen molar-refractivity contribution in [3.63, 3.8) is 0 Å². The molecule has 1 aromatic rings. The highest BCUT2D eigenvalue weighted by atomic mass is 19.3. The van der Waals surface area contributed by atoms with Gasteiger partial charge in [0, 0.05) is 26.3 Å². The van der Waals surface area contributed by atoms with Gasteiger partial charge in [0.2, 0.25) is 0 Å². The first-order valence-corrected chi connectivity index (χ1v) is 5.82. The molecule has 1 aromatic heterocycles. The average molecular weight is 273 g/mol. The molecule has 0 fully saturated rings. The monoisotopic (exact) mass is 273 g/mol. The minimum absolute atomic E-state index is 0.0433. The second kappa shape index (κ2) is 7.63. The number of carbonyl (C=O) groups is 1. The number of carbonyl (C=O) groups excluding carboxylic acids is 1. The molecule has 0 atom stereocenters. The first-order chi connectivity index (χ1) is 9.06. The van der Waals surface area contributed by atoms with Crippen LogP contribution in [0.4, 0.5) is 8.78 Å². The summed E-state index contributed by atoms with van der Waals surface area (Å²) in [5.41, 5.74) is 0.0433. The Kier molecular flexibility index (Phi) is 6.14. The number of hydrogen-bond donors (Lipinski definition) is 1. The predicted molar refractivity (Wildman–Crippen MR) is 66.6 cm³/mol. The molecule has 0 saturated heterocycles. The second-order valence-corrected chi connectivity index (χ2v) is 3.88. The summed E-state index contributed by atoms with van der Waals surface area (Å²) in [5, 5.41) is 2.91. The van der Waals surface area contributed by atoms with E-state index < -0.39 is 13.0 Å². The lowest BCUT2D eigenvalue weighted by molar-refractivity contribution is 0.0733. The summed E-state index contributed by atoms with van der Waals surface area (Å²) in [6.07, 6.45) is -1.17. The minimum Gasteiger partial charge on any atom is -0.485 e. The Labute approximate surface area is 110 Å². The number of rotatable bonds is 7. The third-order valence-corrected chi connectivity index (χ3v) is 2.38. The largest absolute Gasteiger partial charge is 0.485 e. The van der Waals surface area contributed by atoms with Gasteiger partial charge in [0.25, 0.3) is 12.3 Å². The normalized spacial score (nSPS) is 10.6. The number of aromatic nitrogens is 1. The molecule has 5 nitrogen and oxygen atoms in total. The average Bonchev–Trinajstić information content (AvgIpc) is 2.42. The maximum absolute atomic E-state index is 12.1. The smallest absolute Gasteiger partial charge is 0.276 e. The quantitative estimate of drug-likeness (QED) is 0.806. The Morgan fingerprint density at radius 3 is 2.95 bits per heavy atom. The van der Waals surface area contributed by atoms with Crippen LogP contribution in [0.3, 0.4) is 0 Å². The fourth-order valence-corrected chi connectivity index (χ4v) is 1.38. The van der Waals surface area contributed by atoms with Crippen LogP contribution in [0.2, 0.25) is 0 Å². The van der Waals surface area contributed by atoms with Crippen molar-refractivity contribution in [1.82, 2.24) is 15.2 Å². The van der Waals surface area contributed by atoms with E-state index in [1.807, 2.05) is 0 Å². The Hall–Kier alpha value is -1.76. The van der Waals surface area contributed by atoms with Gasteiger partial charge in [-0.2, -0.15) is 0 Å². The molecule has 0 radical (unpaired) electrons. The van der Waals surface area contributed by atoms with E-state index in [0.29, 0.717) is 13.1 Å². The van der Waals surface area contributed by atoms with Crippen molar-refractivity contribution in [2.45, 2.75) is 6.43 Å². The number of hydrogen-bond acceptors (Lipinski definition) is 4. The standard InChI is InChI=1S/C12H17F2N3O2/c1-15-6-7-17(2)12(18)11-9(4-3-5-16-11)19-8-10(13)14/h3-5,10,15H,6-8H2,1-2H3. The highest BCUT2D eigenvalue weighted by Crippen LogP contribution is 2.17. The second-order valence-electron chi connectivity index (χ2n) is 3.88. The molecule has 0 aliphatic carbocycles. The third kappa shape index (κ3) is 4.78. The molecule has 0 unspecified atom stereocenters. The molecule has 0 saturated carbocycles. The lowest BCUT2D eigenvalue weighted by Crippen LogP contribution is -2.33. The van der Waals surface area contributed by atoms with Gasteiger partial charge in [-0.1, -0.05) is 0 Å². The molecule has 7 heteroatoms. The Bertz CT molecular complexity index is 416. The highest BCUT2D eigenvalue weighted by molar-refractivity contribution is 5.94. The van der Waals surface area contributed by atoms with Crippen LogP contribution in [0.15, 0.2) is 18.3 Å². The molecular formula is C12H17F2N3O2. The first kappa shape index (κ1) is 15.3. The van der Waals surface area contributed by atoms with Crippen LogP contribution in [0.5, 0.6) is 5.75 Å². The van der Waals surface area contributed by atoms with Gasteiger partial charge >= 0.3 is 0 Å². The zero-order chi connectivity index (χ0) is 14.3. The van der Waals surface area contributed by atoms with Gasteiger partial charge in [0.05, 0.1) is 0 Å². The Balaban J connectivity index is 2.78. The summed E-state index contributed by atoms with van der Waals surface area (Å²) >= 11 is 0. The van der Waals surface area contributed by atoms with Crippen molar-refractivity contribution < 1.29 is 18.3 Å². The zero-order valence-electron chi connectivity index (χ0n) is 10.9. The fraction of sp³-hybridized carbons (Fsp3) is 0.500. The summed E-state index contributed by atoms with van der Waals surface area (Å²) in [6, 6.07) is 2.99. The Morgan fingerprint density at radius 2 is 2.32 bits per heavy atom. The summed E-state index contributed by atoms with van der Waals surface area (Å²) in [5.74, 6) is -0.288. The number of nitrogens with one attached hydrogen (secondary N) is 1. The van der Waals surface area contributed by atoms with Gasteiger partial charge in [-0.15, -0.1) is 0 Å². The molecular weight excluding hydrogens is 256 g/mol. The number of alkyl halides is 2. The first-order valence-electron chi connectivity index (χ1n) is 5.82. The predicted octanol–water partition coefficient (Wildman–Crippen LogP) is 1.02. The molecule has 1 N–H and O–H groups in total. The number of halogens is 2. The van der Waals surface area contributed by atoms with E-state index >= 15 is 0 Å². The van der Waals surface area contributed by atoms with Gasteiger partial charge in [-0.05, 0) is 19.2 Å². The van der Waals surface area contributed by atoms with Gasteiger partial charge in [-0.3, -0.25) is 4.79 Å². The van der Waals surface area contributed by atoms with E-state index in [2.05, 4.69) is 10.3 Å². The van der Waals surface area contributed by atoms with Crippen molar-refractivity contribution >= 4 is 5.91 Å². The highest BCUT2D eigenvalue weighted by Gasteiger charge is 2.18. The maximum Gasteiger partial charge on any atom is 0.276 e. The number of ether oxygens (including phenoxy) is 1. The van der Waals surface area contributed by atoms with Crippen LogP contribution in [0.1, 0.15) is 10.5 Å². The van der Waals surface area contributed by atoms with E-state index in [1.54, 1.807) is 14.1 Å². The van der Waals surface area contributed by atoms with Crippen LogP contribution >= 0.6 is 0 Å². The summed E-state index contributed by atoms with van der Waals surface area (Å²) in [4.78, 5) is 17.4. The zero-order valence-corrected chi connectivity index (χ0v) is 10.9. The van der Waals surface area contributed by atoms with Crippen molar-refractivity contribution in [1.29, 1.82) is 0 Å². The summed E-state index contributed by atoms with van der Waals surface area (Å²) < 4.78 is 29.2. The van der Waals surface area contributed by atoms with E-state index in [0.717, 1.165) is 0 Å². The molecule has 0 aromatic carbocycles. The van der Waals surface area contributed by atoms with Crippen molar-refractivity contribution in [2.24, 2.45) is 0 Å². The molecule has 0 spiro atoms. The summed E-state index contributed by atoms with van der Waals surface area (Å²) in [7, 11) is 3.39. The van der Waals surface area contributed by atoms with Crippen LogP contribution < -0.4 is 10.1 Å². The fourth-order valence-electron chi connectivity index (χ4n) is 1.38. The SMILES string of the molecule is CNCCN(C)C(=O)c1ncccc1OCC(F)F. The third-order valence-electron chi connectivity index (χ3n) is 2.38. The lowest BCUT2D eigenvalue weighted by atomic mass is 10.3. The van der Waals surface area contributed by atoms with E-state index in [9.17, 15) is 13.6 Å². The molecule has 1 amide bonds. The van der Waals surface area contributed by atoms with Gasteiger partial charge in [0.1, 0.15) is 6.61 Å². The van der Waals surface area contributed by atoms with Crippen molar-refractivity contribution in [3.05, 3.63) is 24.0 Å². The number of likely N-dealkylation sites (N-methyl/N-ethyl adjacent to an activating group) is 2. The van der Waals surface area contributed by atoms with Gasteiger partial charge < -0.3 is 15.0 Å². The van der Waals surface area contributed by atoms with E-state index in [4.69, 9.17) is 4.74 Å². The molecule has 19 heavy (non-hydrogen) atoms. The van der Waals surface area contributed by atoms with Crippen molar-refractivity contribution in [2.75, 3.05) is 33.8 Å². The number of pyridine rings is 1. The number of amides is 1. The van der Waals surface area contributed by atoms with Crippen LogP contribution in [-0.2, 0) is 0 Å². The maximum atomic E-state index is 12.1. The van der Waals surface area contributed by atoms with Crippen LogP contribution in [0, 0.1) is 0 Å². The molecule has 1 heterocycles. The van der Waals surface area contributed by atoms with Gasteiger partial charge in [-0.25, -0.2) is 13.8 Å². The summed E-state index contributed by atoms with van der Waals surface area (Å²) in [6.45, 7) is 0.356. The molecule has 1 rings (SSSR count). The van der Waals surface area contributed by atoms with Crippen molar-refractivity contribution in [3.8, 4) is 5.75 Å². The van der Waals surface area contributed by atoms with Crippen LogP contribution in [-0.4, -0.2) is 56.0 Å². The van der Waals surface area contributed by atoms with Gasteiger partial charge in [0.15, 0.2) is 11.4 Å². The molecule has 0 aliphatic heterocycles. The molecule has 0 bridgehead atoms. The Morgan fingerprint density at radius 1 is 1.58 bits per heavy atom.